The minimum absolute atomic E-state index is 0. The number of hydrogen-bond acceptors (Lipinski definition) is 5. The van der Waals surface area contributed by atoms with Gasteiger partial charge in [0, 0.05) is 18.0 Å². The zero-order chi connectivity index (χ0) is 17.1. The number of phenolic OH excluding ortho intramolecular Hbond substituents is 1. The molecule has 0 aliphatic rings. The molecule has 0 saturated heterocycles. The highest BCUT2D eigenvalue weighted by Crippen LogP contribution is 2.28. The zero-order valence-corrected chi connectivity index (χ0v) is 14.6. The van der Waals surface area contributed by atoms with Crippen LogP contribution in [0.15, 0.2) is 27.4 Å². The summed E-state index contributed by atoms with van der Waals surface area (Å²) in [6, 6.07) is 3.84. The van der Waals surface area contributed by atoms with Crippen molar-refractivity contribution in [2.24, 2.45) is 5.92 Å². The number of fused-ring (bicyclic) bond motifs is 1. The van der Waals surface area contributed by atoms with Gasteiger partial charge in [-0.2, -0.15) is 0 Å². The molecular formula is C17H22ClNO5. The molecule has 2 unspecified atom stereocenters. The first-order chi connectivity index (χ1) is 10.8. The van der Waals surface area contributed by atoms with Crippen molar-refractivity contribution in [1.29, 1.82) is 0 Å². The lowest BCUT2D eigenvalue weighted by Gasteiger charge is -2.20. The Morgan fingerprint density at radius 3 is 2.62 bits per heavy atom. The monoisotopic (exact) mass is 355 g/mol. The molecule has 0 aliphatic heterocycles. The van der Waals surface area contributed by atoms with Crippen molar-refractivity contribution in [3.63, 3.8) is 0 Å². The standard InChI is InChI=1S/C17H21NO5.ClH/c1-4-9(2)15(17(21)22)18-8-12-13(19)6-5-11-10(3)7-14(20)23-16(11)12;/h5-7,9,15,18-19H,4,8H2,1-3H3,(H,21,22);1H. The van der Waals surface area contributed by atoms with Gasteiger partial charge in [0.1, 0.15) is 17.4 Å². The van der Waals surface area contributed by atoms with Gasteiger partial charge in [-0.05, 0) is 30.5 Å². The first-order valence-corrected chi connectivity index (χ1v) is 7.56. The maximum absolute atomic E-state index is 11.6. The molecule has 0 saturated carbocycles. The Labute approximate surface area is 145 Å². The van der Waals surface area contributed by atoms with Crippen LogP contribution in [0.25, 0.3) is 11.0 Å². The highest BCUT2D eigenvalue weighted by molar-refractivity contribution is 5.85. The average molecular weight is 356 g/mol. The molecule has 1 heterocycles. The van der Waals surface area contributed by atoms with Crippen molar-refractivity contribution < 1.29 is 19.4 Å². The van der Waals surface area contributed by atoms with Gasteiger partial charge in [0.2, 0.25) is 0 Å². The predicted octanol–water partition coefficient (Wildman–Crippen LogP) is 2.82. The van der Waals surface area contributed by atoms with E-state index in [1.807, 2.05) is 13.8 Å². The second-order valence-electron chi connectivity index (χ2n) is 5.77. The number of phenols is 1. The molecule has 24 heavy (non-hydrogen) atoms. The molecule has 0 radical (unpaired) electrons. The molecule has 132 valence electrons. The molecule has 1 aromatic heterocycles. The van der Waals surface area contributed by atoms with Gasteiger partial charge in [0.25, 0.3) is 0 Å². The smallest absolute Gasteiger partial charge is 0.336 e. The summed E-state index contributed by atoms with van der Waals surface area (Å²) in [6.07, 6.45) is 0.708. The van der Waals surface area contributed by atoms with Crippen molar-refractivity contribution in [1.82, 2.24) is 5.32 Å². The number of aromatic hydroxyl groups is 1. The van der Waals surface area contributed by atoms with Gasteiger partial charge in [-0.1, -0.05) is 20.3 Å². The van der Waals surface area contributed by atoms with Gasteiger partial charge in [0.05, 0.1) is 5.56 Å². The molecular weight excluding hydrogens is 334 g/mol. The van der Waals surface area contributed by atoms with E-state index in [0.717, 1.165) is 10.9 Å². The number of carboxylic acid groups (broad SMARTS) is 1. The molecule has 6 nitrogen and oxygen atoms in total. The van der Waals surface area contributed by atoms with Crippen molar-refractivity contribution in [2.45, 2.75) is 39.8 Å². The summed E-state index contributed by atoms with van der Waals surface area (Å²) < 4.78 is 5.23. The van der Waals surface area contributed by atoms with Gasteiger partial charge in [0.15, 0.2) is 0 Å². The molecule has 0 bridgehead atoms. The van der Waals surface area contributed by atoms with Crippen molar-refractivity contribution >= 4 is 29.3 Å². The van der Waals surface area contributed by atoms with Crippen LogP contribution < -0.4 is 10.9 Å². The van der Waals surface area contributed by atoms with Crippen LogP contribution in [0.5, 0.6) is 5.75 Å². The van der Waals surface area contributed by atoms with Gasteiger partial charge in [-0.3, -0.25) is 10.1 Å². The van der Waals surface area contributed by atoms with E-state index in [1.165, 1.54) is 12.1 Å². The van der Waals surface area contributed by atoms with Gasteiger partial charge in [-0.15, -0.1) is 12.4 Å². The van der Waals surface area contributed by atoms with Gasteiger partial charge in [-0.25, -0.2) is 4.79 Å². The van der Waals surface area contributed by atoms with Crippen LogP contribution in [-0.4, -0.2) is 22.2 Å². The first kappa shape index (κ1) is 20.0. The summed E-state index contributed by atoms with van der Waals surface area (Å²) in [7, 11) is 0. The summed E-state index contributed by atoms with van der Waals surface area (Å²) >= 11 is 0. The lowest BCUT2D eigenvalue weighted by molar-refractivity contribution is -0.140. The fourth-order valence-electron chi connectivity index (χ4n) is 2.58. The van der Waals surface area contributed by atoms with E-state index >= 15 is 0 Å². The molecule has 0 fully saturated rings. The highest BCUT2D eigenvalue weighted by atomic mass is 35.5. The van der Waals surface area contributed by atoms with Gasteiger partial charge < -0.3 is 14.6 Å². The minimum Gasteiger partial charge on any atom is -0.507 e. The first-order valence-electron chi connectivity index (χ1n) is 7.56. The zero-order valence-electron chi connectivity index (χ0n) is 13.8. The summed E-state index contributed by atoms with van der Waals surface area (Å²) in [4.78, 5) is 23.0. The summed E-state index contributed by atoms with van der Waals surface area (Å²) in [5, 5.41) is 23.1. The fourth-order valence-corrected chi connectivity index (χ4v) is 2.58. The van der Waals surface area contributed by atoms with Crippen LogP contribution in [0, 0.1) is 12.8 Å². The summed E-state index contributed by atoms with van der Waals surface area (Å²) in [5.41, 5.74) is 0.918. The van der Waals surface area contributed by atoms with E-state index in [2.05, 4.69) is 5.32 Å². The maximum Gasteiger partial charge on any atom is 0.336 e. The number of aliphatic carboxylic acids is 1. The minimum atomic E-state index is -0.947. The topological polar surface area (TPSA) is 99.8 Å². The van der Waals surface area contributed by atoms with E-state index < -0.39 is 17.6 Å². The number of aryl methyl sites for hydroxylation is 1. The third-order valence-corrected chi connectivity index (χ3v) is 4.18. The van der Waals surface area contributed by atoms with Crippen LogP contribution in [0.4, 0.5) is 0 Å². The number of carboxylic acids is 1. The molecule has 2 rings (SSSR count). The molecule has 0 amide bonds. The van der Waals surface area contributed by atoms with Crippen LogP contribution in [0.3, 0.4) is 0 Å². The second-order valence-corrected chi connectivity index (χ2v) is 5.77. The van der Waals surface area contributed by atoms with E-state index in [4.69, 9.17) is 4.42 Å². The molecule has 0 spiro atoms. The number of benzene rings is 1. The Kier molecular flexibility index (Phi) is 6.81. The Morgan fingerprint density at radius 1 is 1.38 bits per heavy atom. The van der Waals surface area contributed by atoms with E-state index in [9.17, 15) is 19.8 Å². The van der Waals surface area contributed by atoms with Crippen molar-refractivity contribution in [3.8, 4) is 5.75 Å². The lowest BCUT2D eigenvalue weighted by Crippen LogP contribution is -2.41. The largest absolute Gasteiger partial charge is 0.507 e. The normalized spacial score (nSPS) is 13.3. The van der Waals surface area contributed by atoms with Crippen LogP contribution >= 0.6 is 12.4 Å². The molecule has 0 aliphatic carbocycles. The second kappa shape index (κ2) is 8.17. The quantitative estimate of drug-likeness (QED) is 0.689. The number of rotatable bonds is 6. The van der Waals surface area contributed by atoms with E-state index in [0.29, 0.717) is 12.0 Å². The summed E-state index contributed by atoms with van der Waals surface area (Å²) in [6.45, 7) is 5.64. The highest BCUT2D eigenvalue weighted by Gasteiger charge is 2.24. The molecule has 2 aromatic rings. The number of carbonyl (C=O) groups is 1. The number of halogens is 1. The van der Waals surface area contributed by atoms with Crippen molar-refractivity contribution in [3.05, 3.63) is 39.7 Å². The Bertz CT molecular complexity index is 786. The number of nitrogens with one attached hydrogen (secondary N) is 1. The summed E-state index contributed by atoms with van der Waals surface area (Å²) in [5.74, 6) is -1.05. The SMILES string of the molecule is CCC(C)C(NCc1c(O)ccc2c(C)cc(=O)oc12)C(=O)O.Cl. The number of hydrogen-bond donors (Lipinski definition) is 3. The molecule has 7 heteroatoms. The van der Waals surface area contributed by atoms with Crippen molar-refractivity contribution in [2.75, 3.05) is 0 Å². The molecule has 3 N–H and O–H groups in total. The third kappa shape index (κ3) is 4.07. The Balaban J connectivity index is 0.00000288. The molecule has 2 atom stereocenters. The molecule has 1 aromatic carbocycles. The van der Waals surface area contributed by atoms with E-state index in [-0.39, 0.29) is 36.2 Å². The fraction of sp³-hybridized carbons (Fsp3) is 0.412. The average Bonchev–Trinajstić information content (AvgIpc) is 2.48. The maximum atomic E-state index is 11.6. The Morgan fingerprint density at radius 2 is 2.04 bits per heavy atom. The van der Waals surface area contributed by atoms with E-state index in [1.54, 1.807) is 13.0 Å². The van der Waals surface area contributed by atoms with Crippen LogP contribution in [0.1, 0.15) is 31.4 Å². The van der Waals surface area contributed by atoms with Crippen LogP contribution in [-0.2, 0) is 11.3 Å². The Hall–Kier alpha value is -2.05. The van der Waals surface area contributed by atoms with Gasteiger partial charge >= 0.3 is 11.6 Å². The lowest BCUT2D eigenvalue weighted by atomic mass is 9.98. The van der Waals surface area contributed by atoms with Crippen LogP contribution in [0.2, 0.25) is 0 Å². The predicted molar refractivity (Wildman–Crippen MR) is 93.9 cm³/mol. The third-order valence-electron chi connectivity index (χ3n) is 4.18.